The predicted octanol–water partition coefficient (Wildman–Crippen LogP) is 2.89. The van der Waals surface area contributed by atoms with Crippen molar-refractivity contribution in [2.75, 3.05) is 19.7 Å². The van der Waals surface area contributed by atoms with Gasteiger partial charge in [-0.15, -0.1) is 0 Å². The number of aliphatic hydroxyl groups is 1. The Morgan fingerprint density at radius 2 is 1.88 bits per heavy atom. The molecule has 134 valence electrons. The third-order valence-electron chi connectivity index (χ3n) is 4.53. The fourth-order valence-corrected chi connectivity index (χ4v) is 3.31. The number of hydrogen-bond donors (Lipinski definition) is 2. The molecule has 2 N–H and O–H groups in total. The van der Waals surface area contributed by atoms with Crippen LogP contribution in [0.1, 0.15) is 25.0 Å². The molecule has 0 amide bonds. The Bertz CT molecular complexity index is 668. The molecule has 3 rings (SSSR count). The number of morpholine rings is 1. The summed E-state index contributed by atoms with van der Waals surface area (Å²) < 4.78 is 11.9. The molecule has 0 bridgehead atoms. The molecule has 2 aromatic rings. The second-order valence-corrected chi connectivity index (χ2v) is 6.80. The number of hydrogen-bond acceptors (Lipinski definition) is 4. The highest BCUT2D eigenvalue weighted by Crippen LogP contribution is 2.35. The van der Waals surface area contributed by atoms with Crippen LogP contribution < -0.4 is 10.1 Å². The Morgan fingerprint density at radius 3 is 2.56 bits per heavy atom. The van der Waals surface area contributed by atoms with E-state index in [9.17, 15) is 5.11 Å². The van der Waals surface area contributed by atoms with Gasteiger partial charge in [0.1, 0.15) is 17.5 Å². The van der Waals surface area contributed by atoms with Gasteiger partial charge in [-0.25, -0.2) is 0 Å². The molecule has 0 aliphatic carbocycles. The molecule has 4 nitrogen and oxygen atoms in total. The molecule has 0 radical (unpaired) electrons. The third-order valence-corrected chi connectivity index (χ3v) is 4.53. The van der Waals surface area contributed by atoms with Crippen molar-refractivity contribution in [3.8, 4) is 5.75 Å². The van der Waals surface area contributed by atoms with Gasteiger partial charge in [0.25, 0.3) is 0 Å². The van der Waals surface area contributed by atoms with Gasteiger partial charge < -0.3 is 19.9 Å². The van der Waals surface area contributed by atoms with Crippen LogP contribution in [0.25, 0.3) is 0 Å². The summed E-state index contributed by atoms with van der Waals surface area (Å²) >= 11 is 0. The number of para-hydroxylation sites is 1. The van der Waals surface area contributed by atoms with Gasteiger partial charge in [-0.05, 0) is 31.0 Å². The average Bonchev–Trinajstić information content (AvgIpc) is 2.64. The number of rotatable bonds is 6. The summed E-state index contributed by atoms with van der Waals surface area (Å²) in [6, 6.07) is 17.7. The zero-order valence-electron chi connectivity index (χ0n) is 14.9. The maximum Gasteiger partial charge on any atom is 0.122 e. The van der Waals surface area contributed by atoms with Crippen molar-refractivity contribution in [2.45, 2.75) is 38.1 Å². The van der Waals surface area contributed by atoms with Crippen molar-refractivity contribution in [2.24, 2.45) is 0 Å². The van der Waals surface area contributed by atoms with Gasteiger partial charge in [-0.1, -0.05) is 48.5 Å². The van der Waals surface area contributed by atoms with E-state index in [0.29, 0.717) is 19.6 Å². The van der Waals surface area contributed by atoms with Crippen LogP contribution in [0.15, 0.2) is 54.6 Å². The number of ether oxygens (including phenoxy) is 2. The molecule has 1 aliphatic rings. The van der Waals surface area contributed by atoms with Gasteiger partial charge >= 0.3 is 0 Å². The van der Waals surface area contributed by atoms with Gasteiger partial charge in [-0.2, -0.15) is 0 Å². The molecule has 25 heavy (non-hydrogen) atoms. The van der Waals surface area contributed by atoms with Crippen LogP contribution in [0.2, 0.25) is 0 Å². The maximum atomic E-state index is 11.7. The number of nitrogens with one attached hydrogen (secondary N) is 1. The molecular weight excluding hydrogens is 314 g/mol. The fourth-order valence-electron chi connectivity index (χ4n) is 3.31. The van der Waals surface area contributed by atoms with Gasteiger partial charge in [0.15, 0.2) is 0 Å². The van der Waals surface area contributed by atoms with E-state index in [2.05, 4.69) is 5.32 Å². The Labute approximate surface area is 149 Å². The normalized spacial score (nSPS) is 20.2. The van der Waals surface area contributed by atoms with Crippen LogP contribution in [0.5, 0.6) is 5.75 Å². The minimum atomic E-state index is -1.12. The zero-order valence-corrected chi connectivity index (χ0v) is 14.9. The molecular formula is C21H27NO3. The fraction of sp³-hybridized carbons (Fsp3) is 0.429. The van der Waals surface area contributed by atoms with Crippen LogP contribution in [0.3, 0.4) is 0 Å². The molecule has 2 atom stereocenters. The van der Waals surface area contributed by atoms with E-state index in [1.807, 2.05) is 68.4 Å². The van der Waals surface area contributed by atoms with E-state index in [4.69, 9.17) is 9.47 Å². The predicted molar refractivity (Wildman–Crippen MR) is 98.9 cm³/mol. The highest BCUT2D eigenvalue weighted by atomic mass is 16.5. The molecule has 2 aromatic carbocycles. The second kappa shape index (κ2) is 8.00. The van der Waals surface area contributed by atoms with Crippen molar-refractivity contribution < 1.29 is 14.6 Å². The Morgan fingerprint density at radius 1 is 1.16 bits per heavy atom. The van der Waals surface area contributed by atoms with Gasteiger partial charge in [-0.3, -0.25) is 0 Å². The van der Waals surface area contributed by atoms with E-state index < -0.39 is 5.60 Å². The molecule has 4 heteroatoms. The van der Waals surface area contributed by atoms with Crippen molar-refractivity contribution in [1.29, 1.82) is 0 Å². The Hall–Kier alpha value is -1.88. The number of benzene rings is 2. The summed E-state index contributed by atoms with van der Waals surface area (Å²) in [6.45, 7) is 6.06. The molecule has 0 spiro atoms. The first-order chi connectivity index (χ1) is 12.1. The van der Waals surface area contributed by atoms with Crippen LogP contribution in [0, 0.1) is 0 Å². The highest BCUT2D eigenvalue weighted by Gasteiger charge is 2.41. The minimum Gasteiger partial charge on any atom is -0.491 e. The van der Waals surface area contributed by atoms with Crippen LogP contribution in [-0.2, 0) is 16.8 Å². The lowest BCUT2D eigenvalue weighted by molar-refractivity contribution is -0.124. The van der Waals surface area contributed by atoms with Crippen LogP contribution in [0.4, 0.5) is 0 Å². The van der Waals surface area contributed by atoms with Crippen LogP contribution >= 0.6 is 0 Å². The summed E-state index contributed by atoms with van der Waals surface area (Å²) in [4.78, 5) is 0. The molecule has 1 saturated heterocycles. The first-order valence-electron chi connectivity index (χ1n) is 8.94. The van der Waals surface area contributed by atoms with Crippen molar-refractivity contribution in [1.82, 2.24) is 5.32 Å². The van der Waals surface area contributed by atoms with E-state index in [1.54, 1.807) is 0 Å². The van der Waals surface area contributed by atoms with Crippen molar-refractivity contribution >= 4 is 0 Å². The molecule has 1 fully saturated rings. The van der Waals surface area contributed by atoms with E-state index in [0.717, 1.165) is 23.4 Å². The summed E-state index contributed by atoms with van der Waals surface area (Å²) in [6.07, 6.45) is 0.209. The monoisotopic (exact) mass is 341 g/mol. The van der Waals surface area contributed by atoms with Crippen molar-refractivity contribution in [3.05, 3.63) is 65.7 Å². The molecule has 0 saturated carbocycles. The standard InChI is InChI=1S/C21H27NO3/c1-16(2)25-19-11-7-6-8-17(19)14-21(23,18-9-4-3-5-10-18)20-15-22-12-13-24-20/h3-11,16,20,22-23H,12-15H2,1-2H3/t20-,21-/m0/s1. The van der Waals surface area contributed by atoms with E-state index in [1.165, 1.54) is 0 Å². The maximum absolute atomic E-state index is 11.7. The summed E-state index contributed by atoms with van der Waals surface area (Å²) in [5, 5.41) is 15.0. The summed E-state index contributed by atoms with van der Waals surface area (Å²) in [7, 11) is 0. The molecule has 0 aromatic heterocycles. The zero-order chi connectivity index (χ0) is 17.7. The Balaban J connectivity index is 1.96. The second-order valence-electron chi connectivity index (χ2n) is 6.80. The van der Waals surface area contributed by atoms with Crippen LogP contribution in [-0.4, -0.2) is 37.0 Å². The van der Waals surface area contributed by atoms with Gasteiger partial charge in [0, 0.05) is 19.5 Å². The van der Waals surface area contributed by atoms with Gasteiger partial charge in [0.05, 0.1) is 12.7 Å². The molecule has 1 aliphatic heterocycles. The average molecular weight is 341 g/mol. The summed E-state index contributed by atoms with van der Waals surface area (Å²) in [5.41, 5.74) is 0.727. The lowest BCUT2D eigenvalue weighted by Crippen LogP contribution is -2.52. The lowest BCUT2D eigenvalue weighted by Gasteiger charge is -2.39. The smallest absolute Gasteiger partial charge is 0.122 e. The highest BCUT2D eigenvalue weighted by molar-refractivity contribution is 5.37. The first-order valence-corrected chi connectivity index (χ1v) is 8.94. The SMILES string of the molecule is CC(C)Oc1ccccc1C[C@](O)(c1ccccc1)[C@@H]1CNCCO1. The molecule has 0 unspecified atom stereocenters. The quantitative estimate of drug-likeness (QED) is 0.848. The molecule has 1 heterocycles. The lowest BCUT2D eigenvalue weighted by atomic mass is 9.81. The van der Waals surface area contributed by atoms with Crippen molar-refractivity contribution in [3.63, 3.8) is 0 Å². The minimum absolute atomic E-state index is 0.0820. The Kier molecular flexibility index (Phi) is 5.74. The first kappa shape index (κ1) is 17.9. The van der Waals surface area contributed by atoms with E-state index in [-0.39, 0.29) is 12.2 Å². The van der Waals surface area contributed by atoms with Gasteiger partial charge in [0.2, 0.25) is 0 Å². The summed E-state index contributed by atoms with van der Waals surface area (Å²) in [5.74, 6) is 0.815. The third kappa shape index (κ3) is 4.21. The largest absolute Gasteiger partial charge is 0.491 e. The van der Waals surface area contributed by atoms with E-state index >= 15 is 0 Å². The topological polar surface area (TPSA) is 50.7 Å².